The van der Waals surface area contributed by atoms with Gasteiger partial charge in [0.25, 0.3) is 0 Å². The fourth-order valence-electron chi connectivity index (χ4n) is 4.82. The topological polar surface area (TPSA) is 66.2 Å². The van der Waals surface area contributed by atoms with Gasteiger partial charge in [0.2, 0.25) is 11.8 Å². The summed E-state index contributed by atoms with van der Waals surface area (Å²) in [6, 6.07) is 9.73. The third-order valence-corrected chi connectivity index (χ3v) is 6.52. The van der Waals surface area contributed by atoms with Crippen molar-refractivity contribution in [2.75, 3.05) is 45.9 Å². The number of hydrogen-bond donors (Lipinski definition) is 0. The summed E-state index contributed by atoms with van der Waals surface area (Å²) in [5.74, 6) is 0.377. The molecule has 1 saturated heterocycles. The first-order valence-corrected chi connectivity index (χ1v) is 13.2. The zero-order valence-electron chi connectivity index (χ0n) is 22.7. The summed E-state index contributed by atoms with van der Waals surface area (Å²) in [6.07, 6.45) is 2.91. The average Bonchev–Trinajstić information content (AvgIpc) is 3.35. The Bertz CT molecular complexity index is 966. The molecule has 2 amide bonds. The Labute approximate surface area is 220 Å². The number of ether oxygens (including phenoxy) is 1. The summed E-state index contributed by atoms with van der Waals surface area (Å²) < 4.78 is 24.4. The number of amides is 2. The molecule has 1 atom stereocenters. The van der Waals surface area contributed by atoms with Crippen LogP contribution in [0, 0.1) is 17.2 Å². The predicted molar refractivity (Wildman–Crippen MR) is 141 cm³/mol. The van der Waals surface area contributed by atoms with Crippen LogP contribution in [0.3, 0.4) is 0 Å². The molecule has 0 radical (unpaired) electrons. The van der Waals surface area contributed by atoms with Crippen molar-refractivity contribution in [3.05, 3.63) is 59.8 Å². The minimum atomic E-state index is -0.322. The molecule has 37 heavy (non-hydrogen) atoms. The smallest absolute Gasteiger partial charge is 0.242 e. The van der Waals surface area contributed by atoms with E-state index in [1.54, 1.807) is 34.3 Å². The number of halogens is 1. The summed E-state index contributed by atoms with van der Waals surface area (Å²) in [5.41, 5.74) is 0.940. The van der Waals surface area contributed by atoms with E-state index in [0.717, 1.165) is 25.1 Å². The fraction of sp³-hybridized carbons (Fsp3) is 0.586. The van der Waals surface area contributed by atoms with Gasteiger partial charge in [0.05, 0.1) is 32.6 Å². The maximum Gasteiger partial charge on any atom is 0.242 e. The molecule has 1 aliphatic rings. The lowest BCUT2D eigenvalue weighted by molar-refractivity contribution is -0.142. The van der Waals surface area contributed by atoms with Crippen LogP contribution in [0.4, 0.5) is 4.39 Å². The minimum Gasteiger partial charge on any atom is -0.467 e. The number of furan rings is 1. The van der Waals surface area contributed by atoms with Gasteiger partial charge in [-0.3, -0.25) is 14.5 Å². The standard InChI is InChI=1S/C29H42FN3O4/c1-23(19-29(2,3)4)18-27(34)32(12-11-31-13-16-36-17-14-31)22-28(35)33(21-26-6-5-15-37-26)20-24-7-9-25(30)10-8-24/h5-10,15,23H,11-14,16-22H2,1-4H3. The van der Waals surface area contributed by atoms with E-state index in [9.17, 15) is 14.0 Å². The monoisotopic (exact) mass is 515 g/mol. The highest BCUT2D eigenvalue weighted by Crippen LogP contribution is 2.26. The zero-order chi connectivity index (χ0) is 26.8. The second kappa shape index (κ2) is 13.7. The molecule has 2 heterocycles. The van der Waals surface area contributed by atoms with E-state index in [4.69, 9.17) is 9.15 Å². The maximum atomic E-state index is 13.6. The predicted octanol–water partition coefficient (Wildman–Crippen LogP) is 4.57. The number of rotatable bonds is 12. The SMILES string of the molecule is CC(CC(=O)N(CCN1CCOCC1)CC(=O)N(Cc1ccc(F)cc1)Cc1ccco1)CC(C)(C)C. The molecule has 0 N–H and O–H groups in total. The summed E-state index contributed by atoms with van der Waals surface area (Å²) in [6.45, 7) is 13.4. The van der Waals surface area contributed by atoms with E-state index in [1.165, 1.54) is 12.1 Å². The van der Waals surface area contributed by atoms with Crippen LogP contribution in [0.1, 0.15) is 51.9 Å². The van der Waals surface area contributed by atoms with Crippen molar-refractivity contribution in [1.29, 1.82) is 0 Å². The number of hydrogen-bond acceptors (Lipinski definition) is 5. The first kappa shape index (κ1) is 28.9. The molecule has 0 aliphatic carbocycles. The molecule has 1 fully saturated rings. The minimum absolute atomic E-state index is 0.00177. The number of nitrogens with zero attached hydrogens (tertiary/aromatic N) is 3. The molecule has 8 heteroatoms. The molecule has 1 aromatic carbocycles. The van der Waals surface area contributed by atoms with Gasteiger partial charge in [0, 0.05) is 39.1 Å². The molecular formula is C29H42FN3O4. The van der Waals surface area contributed by atoms with Crippen LogP contribution >= 0.6 is 0 Å². The van der Waals surface area contributed by atoms with Crippen LogP contribution in [0.15, 0.2) is 47.1 Å². The van der Waals surface area contributed by atoms with Gasteiger partial charge in [-0.05, 0) is 47.6 Å². The first-order chi connectivity index (χ1) is 17.6. The molecule has 3 rings (SSSR count). The number of carbonyl (C=O) groups is 2. The van der Waals surface area contributed by atoms with Crippen molar-refractivity contribution in [1.82, 2.24) is 14.7 Å². The Morgan fingerprint density at radius 2 is 1.73 bits per heavy atom. The Hall–Kier alpha value is -2.71. The van der Waals surface area contributed by atoms with Gasteiger partial charge >= 0.3 is 0 Å². The van der Waals surface area contributed by atoms with Gasteiger partial charge in [-0.15, -0.1) is 0 Å². The summed E-state index contributed by atoms with van der Waals surface area (Å²) in [4.78, 5) is 32.7. The lowest BCUT2D eigenvalue weighted by Crippen LogP contribution is -2.47. The Balaban J connectivity index is 1.72. The van der Waals surface area contributed by atoms with Crippen molar-refractivity contribution in [3.8, 4) is 0 Å². The normalized spacial score (nSPS) is 15.4. The van der Waals surface area contributed by atoms with E-state index < -0.39 is 0 Å². The van der Waals surface area contributed by atoms with Crippen LogP contribution in [-0.4, -0.2) is 72.5 Å². The van der Waals surface area contributed by atoms with Gasteiger partial charge in [-0.25, -0.2) is 4.39 Å². The van der Waals surface area contributed by atoms with Gasteiger partial charge in [0.1, 0.15) is 11.6 Å². The molecule has 1 aromatic heterocycles. The summed E-state index contributed by atoms with van der Waals surface area (Å²) in [5, 5.41) is 0. The van der Waals surface area contributed by atoms with Gasteiger partial charge in [-0.1, -0.05) is 39.8 Å². The van der Waals surface area contributed by atoms with Crippen LogP contribution in [0.5, 0.6) is 0 Å². The van der Waals surface area contributed by atoms with Crippen molar-refractivity contribution in [3.63, 3.8) is 0 Å². The number of morpholine rings is 1. The average molecular weight is 516 g/mol. The van der Waals surface area contributed by atoms with E-state index in [0.29, 0.717) is 45.0 Å². The van der Waals surface area contributed by atoms with Crippen molar-refractivity contribution in [2.24, 2.45) is 11.3 Å². The van der Waals surface area contributed by atoms with Crippen LogP contribution in [0.2, 0.25) is 0 Å². The van der Waals surface area contributed by atoms with Crippen LogP contribution in [0.25, 0.3) is 0 Å². The fourth-order valence-corrected chi connectivity index (χ4v) is 4.82. The van der Waals surface area contributed by atoms with Crippen molar-refractivity contribution in [2.45, 2.75) is 53.6 Å². The third-order valence-electron chi connectivity index (χ3n) is 6.52. The lowest BCUT2D eigenvalue weighted by Gasteiger charge is -2.32. The second-order valence-corrected chi connectivity index (χ2v) is 11.3. The largest absolute Gasteiger partial charge is 0.467 e. The molecule has 0 bridgehead atoms. The van der Waals surface area contributed by atoms with Gasteiger partial charge in [-0.2, -0.15) is 0 Å². The zero-order valence-corrected chi connectivity index (χ0v) is 22.7. The summed E-state index contributed by atoms with van der Waals surface area (Å²) >= 11 is 0. The lowest BCUT2D eigenvalue weighted by atomic mass is 9.84. The highest BCUT2D eigenvalue weighted by atomic mass is 19.1. The van der Waals surface area contributed by atoms with E-state index in [2.05, 4.69) is 32.6 Å². The Morgan fingerprint density at radius 3 is 2.35 bits per heavy atom. The van der Waals surface area contributed by atoms with E-state index in [1.807, 2.05) is 6.07 Å². The Morgan fingerprint density at radius 1 is 1.03 bits per heavy atom. The van der Waals surface area contributed by atoms with Crippen molar-refractivity contribution >= 4 is 11.8 Å². The van der Waals surface area contributed by atoms with Gasteiger partial charge < -0.3 is 19.0 Å². The van der Waals surface area contributed by atoms with Gasteiger partial charge in [0.15, 0.2) is 0 Å². The van der Waals surface area contributed by atoms with Crippen LogP contribution in [-0.2, 0) is 27.4 Å². The van der Waals surface area contributed by atoms with Crippen molar-refractivity contribution < 1.29 is 23.1 Å². The molecule has 1 unspecified atom stereocenters. The molecule has 2 aromatic rings. The summed E-state index contributed by atoms with van der Waals surface area (Å²) in [7, 11) is 0. The molecule has 0 spiro atoms. The molecular weight excluding hydrogens is 473 g/mol. The first-order valence-electron chi connectivity index (χ1n) is 13.2. The molecule has 1 aliphatic heterocycles. The highest BCUT2D eigenvalue weighted by Gasteiger charge is 2.26. The third kappa shape index (κ3) is 10.3. The van der Waals surface area contributed by atoms with E-state index >= 15 is 0 Å². The molecule has 204 valence electrons. The maximum absolute atomic E-state index is 13.6. The molecule has 0 saturated carbocycles. The Kier molecular flexibility index (Phi) is 10.7. The highest BCUT2D eigenvalue weighted by molar-refractivity contribution is 5.85. The quantitative estimate of drug-likeness (QED) is 0.414. The second-order valence-electron chi connectivity index (χ2n) is 11.3. The van der Waals surface area contributed by atoms with E-state index in [-0.39, 0.29) is 42.1 Å². The number of carbonyl (C=O) groups excluding carboxylic acids is 2. The van der Waals surface area contributed by atoms with Crippen LogP contribution < -0.4 is 0 Å². The molecule has 7 nitrogen and oxygen atoms in total. The number of benzene rings is 1.